The lowest BCUT2D eigenvalue weighted by molar-refractivity contribution is -0.137. The van der Waals surface area contributed by atoms with Gasteiger partial charge >= 0.3 is 6.18 Å². The van der Waals surface area contributed by atoms with Crippen LogP contribution in [0.2, 0.25) is 0 Å². The molecule has 2 N–H and O–H groups in total. The second kappa shape index (κ2) is 28.7. The van der Waals surface area contributed by atoms with E-state index >= 15 is 0 Å². The second-order valence-corrected chi connectivity index (χ2v) is 23.1. The topological polar surface area (TPSA) is 76.0 Å². The van der Waals surface area contributed by atoms with Crippen LogP contribution in [-0.4, -0.2) is 39.1 Å². The van der Waals surface area contributed by atoms with Crippen LogP contribution in [-0.2, 0) is 35.6 Å². The van der Waals surface area contributed by atoms with E-state index in [4.69, 9.17) is 9.47 Å². The van der Waals surface area contributed by atoms with Gasteiger partial charge < -0.3 is 19.7 Å². The summed E-state index contributed by atoms with van der Waals surface area (Å²) in [6, 6.07) is 64.9. The van der Waals surface area contributed by atoms with Crippen LogP contribution in [0.3, 0.4) is 0 Å². The summed E-state index contributed by atoms with van der Waals surface area (Å²) in [6.45, 7) is 1.29. The first-order valence-corrected chi connectivity index (χ1v) is 30.4. The Bertz CT molecular complexity index is 3320. The van der Waals surface area contributed by atoms with Crippen molar-refractivity contribution >= 4 is 44.9 Å². The van der Waals surface area contributed by atoms with E-state index in [0.29, 0.717) is 23.7 Å². The lowest BCUT2D eigenvalue weighted by Gasteiger charge is -2.17. The standard InChI is InChI=1S/C36H35F3O3S.C34H34O2S/c37-36(38,39)30-16-12-26(13-17-30)25-43(41)23-6-2-5-22-42-32-19-14-28(15-20-32)35-33(27-8-3-1-4-9-27)11-7-10-29-24-31(40)18-21-34(29)35;35-29-19-22-33-28(25-29)13-10-16-32(26-11-4-1-5-12-26)34(33)27-17-20-30(21-18-27)36-23-8-3-9-24-37-31-14-6-2-7-15-31/h1,3-4,8-9,12-21,24,40H,2,5-7,10-11,22-23,25H2;1-2,4-7,11-12,14-15,17-22,25,35H,3,8-10,13,16,23-24H2. The number of hydrogen-bond acceptors (Lipinski definition) is 6. The molecular weight excluding hydrogens is 1040 g/mol. The molecule has 8 aromatic rings. The minimum absolute atomic E-state index is 0.259. The Labute approximate surface area is 476 Å². The summed E-state index contributed by atoms with van der Waals surface area (Å²) in [6.07, 6.45) is 7.43. The predicted octanol–water partition coefficient (Wildman–Crippen LogP) is 18.2. The maximum absolute atomic E-state index is 12.7. The number of halogens is 3. The third kappa shape index (κ3) is 16.2. The molecule has 2 aliphatic carbocycles. The Morgan fingerprint density at radius 2 is 0.938 bits per heavy atom. The maximum atomic E-state index is 12.7. The van der Waals surface area contributed by atoms with Gasteiger partial charge in [0, 0.05) is 27.2 Å². The number of benzene rings is 8. The molecule has 0 aromatic heterocycles. The number of fused-ring (bicyclic) bond motifs is 2. The van der Waals surface area contributed by atoms with E-state index in [1.807, 2.05) is 54.2 Å². The van der Waals surface area contributed by atoms with Crippen molar-refractivity contribution in [1.82, 2.24) is 0 Å². The van der Waals surface area contributed by atoms with Gasteiger partial charge in [-0.2, -0.15) is 13.2 Å². The minimum atomic E-state index is -4.36. The van der Waals surface area contributed by atoms with Crippen LogP contribution < -0.4 is 9.47 Å². The zero-order valence-electron chi connectivity index (χ0n) is 45.1. The molecule has 2 aliphatic rings. The first-order chi connectivity index (χ1) is 39.1. The lowest BCUT2D eigenvalue weighted by atomic mass is 9.88. The maximum Gasteiger partial charge on any atom is 0.416 e. The summed E-state index contributed by atoms with van der Waals surface area (Å²) in [4.78, 5) is 1.34. The van der Waals surface area contributed by atoms with E-state index in [-0.39, 0.29) is 11.5 Å². The van der Waals surface area contributed by atoms with Crippen molar-refractivity contribution in [1.29, 1.82) is 0 Å². The van der Waals surface area contributed by atoms with Gasteiger partial charge in [0.15, 0.2) is 0 Å². The number of rotatable bonds is 21. The van der Waals surface area contributed by atoms with E-state index in [2.05, 4.69) is 127 Å². The molecule has 10 heteroatoms. The Morgan fingerprint density at radius 3 is 1.41 bits per heavy atom. The number of phenolic OH excluding ortho intramolecular Hbond substituents is 2. The van der Waals surface area contributed by atoms with Crippen LogP contribution in [0.25, 0.3) is 22.3 Å². The van der Waals surface area contributed by atoms with E-state index in [0.717, 1.165) is 117 Å². The summed E-state index contributed by atoms with van der Waals surface area (Å²) < 4.78 is 62.6. The van der Waals surface area contributed by atoms with Crippen LogP contribution >= 0.6 is 11.8 Å². The molecule has 0 bridgehead atoms. The fraction of sp³-hybridized carbons (Fsp3) is 0.257. The van der Waals surface area contributed by atoms with E-state index in [1.165, 1.54) is 80.0 Å². The molecule has 0 fully saturated rings. The molecule has 0 amide bonds. The van der Waals surface area contributed by atoms with Crippen LogP contribution in [0.4, 0.5) is 13.2 Å². The van der Waals surface area contributed by atoms with Gasteiger partial charge in [0.1, 0.15) is 23.0 Å². The SMILES string of the molecule is O=S(CCCCCOc1ccc(C2=C(c3ccccc3)CCCc3cc(O)ccc32)cc1)Cc1ccc(C(F)(F)F)cc1.Oc1ccc2c(c1)CCCC(c1ccccc1)=C2c1ccc(OCCCCCSc2ccccc2)cc1. The highest BCUT2D eigenvalue weighted by molar-refractivity contribution is 7.99. The van der Waals surface area contributed by atoms with Gasteiger partial charge in [-0.15, -0.1) is 11.8 Å². The van der Waals surface area contributed by atoms with Crippen LogP contribution in [0.5, 0.6) is 23.0 Å². The Kier molecular flexibility index (Phi) is 20.6. The summed E-state index contributed by atoms with van der Waals surface area (Å²) in [5.41, 5.74) is 14.6. The molecule has 1 atom stereocenters. The van der Waals surface area contributed by atoms with Gasteiger partial charge in [-0.05, 0) is 228 Å². The molecule has 0 heterocycles. The number of ether oxygens (including phenoxy) is 2. The van der Waals surface area contributed by atoms with Crippen molar-refractivity contribution in [2.45, 2.75) is 93.9 Å². The highest BCUT2D eigenvalue weighted by Crippen LogP contribution is 2.43. The van der Waals surface area contributed by atoms with E-state index < -0.39 is 22.5 Å². The molecular formula is C70H69F3O5S2. The summed E-state index contributed by atoms with van der Waals surface area (Å²) in [5, 5.41) is 20.3. The number of thioether (sulfide) groups is 1. The number of unbranched alkanes of at least 4 members (excludes halogenated alkanes) is 4. The normalized spacial score (nSPS) is 13.7. The van der Waals surface area contributed by atoms with Gasteiger partial charge in [0.05, 0.1) is 18.8 Å². The molecule has 412 valence electrons. The molecule has 0 aliphatic heterocycles. The first kappa shape index (κ1) is 57.4. The molecule has 5 nitrogen and oxygen atoms in total. The van der Waals surface area contributed by atoms with Crippen LogP contribution in [0, 0.1) is 0 Å². The van der Waals surface area contributed by atoms with Crippen molar-refractivity contribution in [2.75, 3.05) is 24.7 Å². The average molecular weight is 1110 g/mol. The molecule has 10 rings (SSSR count). The van der Waals surface area contributed by atoms with E-state index in [1.54, 1.807) is 6.07 Å². The fourth-order valence-electron chi connectivity index (χ4n) is 10.6. The van der Waals surface area contributed by atoms with Crippen molar-refractivity contribution in [3.05, 3.63) is 256 Å². The lowest BCUT2D eigenvalue weighted by Crippen LogP contribution is -2.06. The monoisotopic (exact) mass is 1110 g/mol. The number of allylic oxidation sites excluding steroid dienone is 2. The molecule has 0 saturated heterocycles. The third-order valence-electron chi connectivity index (χ3n) is 14.6. The molecule has 0 saturated carbocycles. The van der Waals surface area contributed by atoms with Crippen molar-refractivity contribution in [3.8, 4) is 23.0 Å². The highest BCUT2D eigenvalue weighted by atomic mass is 32.2. The Balaban J connectivity index is 0.000000196. The van der Waals surface area contributed by atoms with E-state index in [9.17, 15) is 27.6 Å². The summed E-state index contributed by atoms with van der Waals surface area (Å²) >= 11 is 1.93. The molecule has 8 aromatic carbocycles. The smallest absolute Gasteiger partial charge is 0.416 e. The molecule has 0 spiro atoms. The average Bonchev–Trinajstić information content (AvgIpc) is 3.84. The zero-order chi connectivity index (χ0) is 55.5. The largest absolute Gasteiger partial charge is 0.508 e. The number of alkyl halides is 3. The number of phenols is 2. The minimum Gasteiger partial charge on any atom is -0.508 e. The molecule has 1 unspecified atom stereocenters. The number of aromatic hydroxyl groups is 2. The van der Waals surface area contributed by atoms with Crippen LogP contribution in [0.1, 0.15) is 120 Å². The highest BCUT2D eigenvalue weighted by Gasteiger charge is 2.30. The van der Waals surface area contributed by atoms with Gasteiger partial charge in [-0.25, -0.2) is 0 Å². The zero-order valence-corrected chi connectivity index (χ0v) is 46.8. The van der Waals surface area contributed by atoms with Crippen molar-refractivity contribution < 1.29 is 37.1 Å². The number of hydrogen-bond donors (Lipinski definition) is 2. The third-order valence-corrected chi connectivity index (χ3v) is 17.1. The Morgan fingerprint density at radius 1 is 0.475 bits per heavy atom. The molecule has 0 radical (unpaired) electrons. The summed E-state index contributed by atoms with van der Waals surface area (Å²) in [7, 11) is -1.12. The van der Waals surface area contributed by atoms with Crippen LogP contribution in [0.15, 0.2) is 205 Å². The first-order valence-electron chi connectivity index (χ1n) is 27.9. The second-order valence-electron chi connectivity index (χ2n) is 20.3. The van der Waals surface area contributed by atoms with Gasteiger partial charge in [-0.1, -0.05) is 127 Å². The van der Waals surface area contributed by atoms with Gasteiger partial charge in [-0.3, -0.25) is 4.21 Å². The van der Waals surface area contributed by atoms with Crippen molar-refractivity contribution in [3.63, 3.8) is 0 Å². The van der Waals surface area contributed by atoms with Gasteiger partial charge in [0.25, 0.3) is 0 Å². The quantitative estimate of drug-likeness (QED) is 0.0552. The van der Waals surface area contributed by atoms with Crippen molar-refractivity contribution in [2.24, 2.45) is 0 Å². The van der Waals surface area contributed by atoms with Gasteiger partial charge in [0.2, 0.25) is 0 Å². The fourth-order valence-corrected chi connectivity index (χ4v) is 12.7. The predicted molar refractivity (Wildman–Crippen MR) is 324 cm³/mol. The Hall–Kier alpha value is -7.27. The number of aryl methyl sites for hydroxylation is 2. The summed E-state index contributed by atoms with van der Waals surface area (Å²) in [5.74, 6) is 4.25. The molecule has 80 heavy (non-hydrogen) atoms.